The van der Waals surface area contributed by atoms with E-state index in [9.17, 15) is 4.79 Å². The maximum atomic E-state index is 11.8. The Kier molecular flexibility index (Phi) is 9.79. The Bertz CT molecular complexity index is 628. The van der Waals surface area contributed by atoms with Crippen LogP contribution in [0.15, 0.2) is 29.3 Å². The number of nitrogens with one attached hydrogen (secondary N) is 2. The highest BCUT2D eigenvalue weighted by Gasteiger charge is 2.21. The van der Waals surface area contributed by atoms with Crippen LogP contribution < -0.4 is 10.6 Å². The van der Waals surface area contributed by atoms with Gasteiger partial charge in [0.15, 0.2) is 5.96 Å². The lowest BCUT2D eigenvalue weighted by atomic mass is 10.1. The molecule has 156 valence electrons. The number of ether oxygens (including phenoxy) is 2. The van der Waals surface area contributed by atoms with E-state index in [4.69, 9.17) is 14.5 Å². The molecule has 7 nitrogen and oxygen atoms in total. The summed E-state index contributed by atoms with van der Waals surface area (Å²) in [6.45, 7) is 6.81. The molecule has 28 heavy (non-hydrogen) atoms. The highest BCUT2D eigenvalue weighted by atomic mass is 16.5. The second-order valence-corrected chi connectivity index (χ2v) is 6.85. The quantitative estimate of drug-likeness (QED) is 0.383. The third-order valence-electron chi connectivity index (χ3n) is 4.75. The molecule has 0 bridgehead atoms. The van der Waals surface area contributed by atoms with Crippen LogP contribution in [0.3, 0.4) is 0 Å². The zero-order valence-corrected chi connectivity index (χ0v) is 17.4. The molecule has 7 heteroatoms. The summed E-state index contributed by atoms with van der Waals surface area (Å²) in [5.41, 5.74) is 1.68. The van der Waals surface area contributed by atoms with Crippen LogP contribution in [0.1, 0.15) is 42.1 Å². The predicted octanol–water partition coefficient (Wildman–Crippen LogP) is 2.03. The molecule has 0 saturated carbocycles. The van der Waals surface area contributed by atoms with Gasteiger partial charge in [-0.1, -0.05) is 12.1 Å². The molecule has 1 saturated heterocycles. The van der Waals surface area contributed by atoms with Gasteiger partial charge in [-0.05, 0) is 43.9 Å². The average Bonchev–Trinajstić information content (AvgIpc) is 2.74. The fourth-order valence-corrected chi connectivity index (χ4v) is 3.23. The van der Waals surface area contributed by atoms with Crippen LogP contribution in [0.4, 0.5) is 0 Å². The minimum absolute atomic E-state index is 0.0784. The monoisotopic (exact) mass is 390 g/mol. The van der Waals surface area contributed by atoms with Crippen LogP contribution in [-0.2, 0) is 16.0 Å². The Morgan fingerprint density at radius 2 is 2.07 bits per heavy atom. The normalized spacial score (nSPS) is 15.5. The van der Waals surface area contributed by atoms with Crippen molar-refractivity contribution in [2.45, 2.75) is 38.8 Å². The van der Waals surface area contributed by atoms with Crippen LogP contribution in [0.25, 0.3) is 0 Å². The fraction of sp³-hybridized carbons (Fsp3) is 0.619. The average molecular weight is 391 g/mol. The van der Waals surface area contributed by atoms with E-state index < -0.39 is 0 Å². The highest BCUT2D eigenvalue weighted by Crippen LogP contribution is 2.15. The number of amides is 1. The van der Waals surface area contributed by atoms with Gasteiger partial charge in [-0.2, -0.15) is 0 Å². The van der Waals surface area contributed by atoms with Gasteiger partial charge in [0.1, 0.15) is 0 Å². The Labute approximate surface area is 168 Å². The fourth-order valence-electron chi connectivity index (χ4n) is 3.23. The van der Waals surface area contributed by atoms with Crippen molar-refractivity contribution in [1.29, 1.82) is 0 Å². The summed E-state index contributed by atoms with van der Waals surface area (Å²) < 4.78 is 11.0. The van der Waals surface area contributed by atoms with Gasteiger partial charge in [0.2, 0.25) is 0 Å². The first kappa shape index (κ1) is 22.2. The predicted molar refractivity (Wildman–Crippen MR) is 112 cm³/mol. The molecule has 0 spiro atoms. The Morgan fingerprint density at radius 3 is 2.75 bits per heavy atom. The first-order valence-corrected chi connectivity index (χ1v) is 10.1. The molecule has 1 aromatic rings. The van der Waals surface area contributed by atoms with E-state index in [1.165, 1.54) is 0 Å². The Balaban J connectivity index is 1.90. The molecule has 0 aliphatic carbocycles. The van der Waals surface area contributed by atoms with Crippen LogP contribution in [0.5, 0.6) is 0 Å². The molecule has 1 fully saturated rings. The number of aliphatic imine (C=N–C) groups is 1. The number of piperidine rings is 1. The second kappa shape index (κ2) is 12.4. The number of carbonyl (C=O) groups is 1. The third-order valence-corrected chi connectivity index (χ3v) is 4.75. The molecular weight excluding hydrogens is 356 g/mol. The summed E-state index contributed by atoms with van der Waals surface area (Å²) in [4.78, 5) is 18.9. The summed E-state index contributed by atoms with van der Waals surface area (Å²) in [6.07, 6.45) is 3.27. The lowest BCUT2D eigenvalue weighted by molar-refractivity contribution is 0.00990. The number of hydrogen-bond donors (Lipinski definition) is 2. The van der Waals surface area contributed by atoms with E-state index in [-0.39, 0.29) is 5.91 Å². The molecule has 0 atom stereocenters. The van der Waals surface area contributed by atoms with Gasteiger partial charge in [0.25, 0.3) is 5.91 Å². The molecular formula is C21H34N4O3. The summed E-state index contributed by atoms with van der Waals surface area (Å²) in [5.74, 6) is 0.844. The molecule has 2 N–H and O–H groups in total. The van der Waals surface area contributed by atoms with Crippen LogP contribution in [0, 0.1) is 0 Å². The Morgan fingerprint density at radius 1 is 1.29 bits per heavy atom. The number of nitrogens with zero attached hydrogens (tertiary/aromatic N) is 2. The van der Waals surface area contributed by atoms with Crippen molar-refractivity contribution in [3.8, 4) is 0 Å². The van der Waals surface area contributed by atoms with E-state index in [2.05, 4.69) is 22.5 Å². The zero-order chi connectivity index (χ0) is 20.2. The molecule has 1 aliphatic rings. The molecule has 2 rings (SSSR count). The van der Waals surface area contributed by atoms with Gasteiger partial charge < -0.3 is 25.0 Å². The van der Waals surface area contributed by atoms with Gasteiger partial charge in [-0.25, -0.2) is 4.99 Å². The maximum absolute atomic E-state index is 11.8. The van der Waals surface area contributed by atoms with Crippen molar-refractivity contribution in [1.82, 2.24) is 15.5 Å². The van der Waals surface area contributed by atoms with Crippen molar-refractivity contribution in [3.63, 3.8) is 0 Å². The van der Waals surface area contributed by atoms with Gasteiger partial charge in [-0.3, -0.25) is 4.79 Å². The number of guanidine groups is 1. The summed E-state index contributed by atoms with van der Waals surface area (Å²) >= 11 is 0. The number of rotatable bonds is 9. The van der Waals surface area contributed by atoms with E-state index in [0.29, 0.717) is 18.2 Å². The molecule has 1 aromatic carbocycles. The molecule has 0 radical (unpaired) electrons. The smallest absolute Gasteiger partial charge is 0.251 e. The summed E-state index contributed by atoms with van der Waals surface area (Å²) in [6, 6.07) is 7.61. The topological polar surface area (TPSA) is 75.2 Å². The maximum Gasteiger partial charge on any atom is 0.251 e. The highest BCUT2D eigenvalue weighted by molar-refractivity contribution is 5.94. The second-order valence-electron chi connectivity index (χ2n) is 6.85. The number of hydrogen-bond acceptors (Lipinski definition) is 4. The minimum atomic E-state index is -0.0784. The molecule has 0 unspecified atom stereocenters. The molecule has 0 aromatic heterocycles. The van der Waals surface area contributed by atoms with Crippen LogP contribution >= 0.6 is 0 Å². The first-order chi connectivity index (χ1) is 13.7. The van der Waals surface area contributed by atoms with Crippen molar-refractivity contribution >= 4 is 11.9 Å². The van der Waals surface area contributed by atoms with E-state index in [0.717, 1.165) is 63.6 Å². The zero-order valence-electron chi connectivity index (χ0n) is 17.4. The van der Waals surface area contributed by atoms with Crippen molar-refractivity contribution in [3.05, 3.63) is 35.4 Å². The van der Waals surface area contributed by atoms with E-state index in [1.807, 2.05) is 24.3 Å². The lowest BCUT2D eigenvalue weighted by Gasteiger charge is -2.34. The number of benzene rings is 1. The van der Waals surface area contributed by atoms with E-state index in [1.54, 1.807) is 14.2 Å². The van der Waals surface area contributed by atoms with Crippen LogP contribution in [-0.4, -0.2) is 69.9 Å². The van der Waals surface area contributed by atoms with Crippen molar-refractivity contribution in [2.75, 3.05) is 47.0 Å². The van der Waals surface area contributed by atoms with Gasteiger partial charge >= 0.3 is 0 Å². The minimum Gasteiger partial charge on any atom is -0.385 e. The van der Waals surface area contributed by atoms with Gasteiger partial charge in [-0.15, -0.1) is 0 Å². The Hall–Kier alpha value is -2.12. The van der Waals surface area contributed by atoms with Crippen molar-refractivity contribution < 1.29 is 14.3 Å². The molecule has 1 amide bonds. The molecule has 1 aliphatic heterocycles. The van der Waals surface area contributed by atoms with Gasteiger partial charge in [0.05, 0.1) is 12.6 Å². The number of likely N-dealkylation sites (tertiary alicyclic amines) is 1. The SMILES string of the molecule is CCNC(=NCc1cccc(C(=O)NC)c1)N1CCC(OCCCOC)CC1. The first-order valence-electron chi connectivity index (χ1n) is 10.1. The van der Waals surface area contributed by atoms with Gasteiger partial charge in [0, 0.05) is 52.6 Å². The molecule has 1 heterocycles. The third kappa shape index (κ3) is 7.13. The standard InChI is InChI=1S/C21H34N4O3/c1-4-23-21(24-16-17-7-5-8-18(15-17)20(26)22-2)25-11-9-19(10-12-25)28-14-6-13-27-3/h5,7-8,15,19H,4,6,9-14,16H2,1-3H3,(H,22,26)(H,23,24). The summed E-state index contributed by atoms with van der Waals surface area (Å²) in [7, 11) is 3.36. The number of methoxy groups -OCH3 is 1. The number of carbonyl (C=O) groups excluding carboxylic acids is 1. The lowest BCUT2D eigenvalue weighted by Crippen LogP contribution is -2.47. The van der Waals surface area contributed by atoms with Crippen LogP contribution in [0.2, 0.25) is 0 Å². The summed E-state index contributed by atoms with van der Waals surface area (Å²) in [5, 5.41) is 6.04. The largest absolute Gasteiger partial charge is 0.385 e. The van der Waals surface area contributed by atoms with E-state index >= 15 is 0 Å². The van der Waals surface area contributed by atoms with Crippen molar-refractivity contribution in [2.24, 2.45) is 4.99 Å².